The number of alkyl halides is 3. The summed E-state index contributed by atoms with van der Waals surface area (Å²) in [6, 6.07) is 0. The zero-order valence-corrected chi connectivity index (χ0v) is 8.97. The first-order chi connectivity index (χ1) is 7.89. The van der Waals surface area contributed by atoms with Gasteiger partial charge >= 0.3 is 6.18 Å². The number of rotatable bonds is 4. The Labute approximate surface area is 95.4 Å². The van der Waals surface area contributed by atoms with Gasteiger partial charge in [0.15, 0.2) is 5.69 Å². The number of amides is 1. The van der Waals surface area contributed by atoms with Crippen LogP contribution in [0.3, 0.4) is 0 Å². The van der Waals surface area contributed by atoms with Gasteiger partial charge in [0.1, 0.15) is 0 Å². The van der Waals surface area contributed by atoms with Crippen LogP contribution in [0.4, 0.5) is 13.2 Å². The average Bonchev–Trinajstić information content (AvgIpc) is 2.93. The predicted octanol–water partition coefficient (Wildman–Crippen LogP) is 1.72. The molecule has 1 heterocycles. The minimum atomic E-state index is -4.49. The van der Waals surface area contributed by atoms with Crippen LogP contribution in [0, 0.1) is 0 Å². The number of primary amides is 1. The van der Waals surface area contributed by atoms with Gasteiger partial charge in [-0.3, -0.25) is 9.89 Å². The van der Waals surface area contributed by atoms with Crippen LogP contribution in [-0.4, -0.2) is 16.1 Å². The Morgan fingerprint density at radius 3 is 2.59 bits per heavy atom. The summed E-state index contributed by atoms with van der Waals surface area (Å²) < 4.78 is 38.0. The van der Waals surface area contributed by atoms with Crippen LogP contribution in [0.1, 0.15) is 42.1 Å². The van der Waals surface area contributed by atoms with E-state index in [1.54, 1.807) is 0 Å². The second-order valence-corrected chi connectivity index (χ2v) is 4.20. The van der Waals surface area contributed by atoms with E-state index in [1.165, 1.54) is 0 Å². The Kier molecular flexibility index (Phi) is 2.84. The molecule has 1 aliphatic rings. The molecule has 0 atom stereocenters. The van der Waals surface area contributed by atoms with E-state index in [0.29, 0.717) is 5.69 Å². The van der Waals surface area contributed by atoms with Crippen molar-refractivity contribution in [1.29, 1.82) is 0 Å². The number of hydrogen-bond acceptors (Lipinski definition) is 2. The first-order valence-electron chi connectivity index (χ1n) is 5.32. The fourth-order valence-corrected chi connectivity index (χ4v) is 1.82. The molecule has 7 heteroatoms. The van der Waals surface area contributed by atoms with E-state index in [0.717, 1.165) is 12.8 Å². The second-order valence-electron chi connectivity index (χ2n) is 4.20. The average molecular weight is 247 g/mol. The molecule has 4 nitrogen and oxygen atoms in total. The quantitative estimate of drug-likeness (QED) is 0.850. The highest BCUT2D eigenvalue weighted by Crippen LogP contribution is 2.43. The molecule has 1 fully saturated rings. The molecule has 1 aliphatic carbocycles. The van der Waals surface area contributed by atoms with Crippen LogP contribution in [0.2, 0.25) is 0 Å². The zero-order chi connectivity index (χ0) is 12.6. The number of hydrogen-bond donors (Lipinski definition) is 2. The molecule has 0 spiro atoms. The molecule has 1 amide bonds. The number of nitrogens with two attached hydrogens (primary N) is 1. The summed E-state index contributed by atoms with van der Waals surface area (Å²) in [4.78, 5) is 10.7. The highest BCUT2D eigenvalue weighted by molar-refractivity contribution is 5.74. The number of aromatic amines is 1. The molecule has 0 unspecified atom stereocenters. The van der Waals surface area contributed by atoms with Crippen LogP contribution >= 0.6 is 0 Å². The zero-order valence-electron chi connectivity index (χ0n) is 8.97. The van der Waals surface area contributed by atoms with Gasteiger partial charge < -0.3 is 5.73 Å². The summed E-state index contributed by atoms with van der Waals surface area (Å²) in [5, 5.41) is 5.77. The fourth-order valence-electron chi connectivity index (χ4n) is 1.82. The van der Waals surface area contributed by atoms with Crippen molar-refractivity contribution in [1.82, 2.24) is 10.2 Å². The molecule has 1 aromatic heterocycles. The third kappa shape index (κ3) is 2.59. The number of H-pyrrole nitrogens is 1. The lowest BCUT2D eigenvalue weighted by molar-refractivity contribution is -0.142. The molecule has 0 aromatic carbocycles. The van der Waals surface area contributed by atoms with Crippen LogP contribution in [0.15, 0.2) is 0 Å². The van der Waals surface area contributed by atoms with Crippen molar-refractivity contribution in [3.05, 3.63) is 17.0 Å². The summed E-state index contributed by atoms with van der Waals surface area (Å²) in [7, 11) is 0. The number of carbonyl (C=O) groups excluding carboxylic acids is 1. The lowest BCUT2D eigenvalue weighted by Crippen LogP contribution is -2.14. The third-order valence-corrected chi connectivity index (χ3v) is 2.77. The standard InChI is InChI=1S/C10H12F3N3O/c11-10(12,13)9-6(3-4-7(14)17)8(15-16-9)5-1-2-5/h5H,1-4H2,(H2,14,17)(H,15,16). The number of nitrogens with zero attached hydrogens (tertiary/aromatic N) is 1. The van der Waals surface area contributed by atoms with Crippen LogP contribution in [0.5, 0.6) is 0 Å². The van der Waals surface area contributed by atoms with Crippen molar-refractivity contribution in [2.45, 2.75) is 37.8 Å². The molecular formula is C10H12F3N3O. The van der Waals surface area contributed by atoms with E-state index in [9.17, 15) is 18.0 Å². The largest absolute Gasteiger partial charge is 0.435 e. The maximum atomic E-state index is 12.7. The Balaban J connectivity index is 2.29. The number of aromatic nitrogens is 2. The van der Waals surface area contributed by atoms with E-state index in [-0.39, 0.29) is 24.3 Å². The summed E-state index contributed by atoms with van der Waals surface area (Å²) in [6.45, 7) is 0. The molecule has 3 N–H and O–H groups in total. The monoisotopic (exact) mass is 247 g/mol. The van der Waals surface area contributed by atoms with Crippen LogP contribution < -0.4 is 5.73 Å². The van der Waals surface area contributed by atoms with Crippen LogP contribution in [-0.2, 0) is 17.4 Å². The third-order valence-electron chi connectivity index (χ3n) is 2.77. The molecule has 0 saturated heterocycles. The highest BCUT2D eigenvalue weighted by Gasteiger charge is 2.40. The van der Waals surface area contributed by atoms with E-state index in [2.05, 4.69) is 10.2 Å². The number of carbonyl (C=O) groups is 1. The van der Waals surface area contributed by atoms with E-state index in [1.807, 2.05) is 0 Å². The van der Waals surface area contributed by atoms with Gasteiger partial charge in [0.05, 0.1) is 0 Å². The molecule has 17 heavy (non-hydrogen) atoms. The maximum absolute atomic E-state index is 12.7. The van der Waals surface area contributed by atoms with Crippen molar-refractivity contribution < 1.29 is 18.0 Å². The molecule has 1 saturated carbocycles. The molecule has 1 aromatic rings. The first-order valence-corrected chi connectivity index (χ1v) is 5.32. The highest BCUT2D eigenvalue weighted by atomic mass is 19.4. The van der Waals surface area contributed by atoms with Crippen molar-refractivity contribution in [3.63, 3.8) is 0 Å². The van der Waals surface area contributed by atoms with Gasteiger partial charge in [0, 0.05) is 23.6 Å². The summed E-state index contributed by atoms with van der Waals surface area (Å²) in [5.41, 5.74) is 4.65. The fraction of sp³-hybridized carbons (Fsp3) is 0.600. The Morgan fingerprint density at radius 1 is 1.47 bits per heavy atom. The van der Waals surface area contributed by atoms with Gasteiger partial charge in [-0.05, 0) is 19.3 Å². The van der Waals surface area contributed by atoms with E-state index >= 15 is 0 Å². The Bertz CT molecular complexity index is 434. The van der Waals surface area contributed by atoms with Crippen molar-refractivity contribution in [2.24, 2.45) is 5.73 Å². The van der Waals surface area contributed by atoms with Gasteiger partial charge in [-0.1, -0.05) is 0 Å². The SMILES string of the molecule is NC(=O)CCc1c(C(F)(F)F)n[nH]c1C1CC1. The Hall–Kier alpha value is -1.53. The molecule has 0 bridgehead atoms. The van der Waals surface area contributed by atoms with Gasteiger partial charge in [0.25, 0.3) is 0 Å². The van der Waals surface area contributed by atoms with Gasteiger partial charge in [-0.15, -0.1) is 0 Å². The van der Waals surface area contributed by atoms with E-state index < -0.39 is 17.8 Å². The molecule has 94 valence electrons. The minimum Gasteiger partial charge on any atom is -0.370 e. The van der Waals surface area contributed by atoms with Crippen LogP contribution in [0.25, 0.3) is 0 Å². The van der Waals surface area contributed by atoms with Crippen molar-refractivity contribution in [3.8, 4) is 0 Å². The summed E-state index contributed by atoms with van der Waals surface area (Å²) in [6.07, 6.45) is -2.86. The summed E-state index contributed by atoms with van der Waals surface area (Å²) in [5.74, 6) is -0.484. The topological polar surface area (TPSA) is 71.8 Å². The predicted molar refractivity (Wildman–Crippen MR) is 53.1 cm³/mol. The molecule has 2 rings (SSSR count). The molecular weight excluding hydrogens is 235 g/mol. The first kappa shape index (κ1) is 11.9. The van der Waals surface area contributed by atoms with Crippen molar-refractivity contribution >= 4 is 5.91 Å². The minimum absolute atomic E-state index is 0.00743. The Morgan fingerprint density at radius 2 is 2.12 bits per heavy atom. The molecule has 0 aliphatic heterocycles. The lowest BCUT2D eigenvalue weighted by atomic mass is 10.0. The smallest absolute Gasteiger partial charge is 0.370 e. The van der Waals surface area contributed by atoms with Gasteiger partial charge in [0.2, 0.25) is 5.91 Å². The summed E-state index contributed by atoms with van der Waals surface area (Å²) >= 11 is 0. The normalized spacial score (nSPS) is 16.2. The lowest BCUT2D eigenvalue weighted by Gasteiger charge is -2.07. The van der Waals surface area contributed by atoms with E-state index in [4.69, 9.17) is 5.73 Å². The van der Waals surface area contributed by atoms with Crippen molar-refractivity contribution in [2.75, 3.05) is 0 Å². The molecule has 0 radical (unpaired) electrons. The number of halogens is 3. The maximum Gasteiger partial charge on any atom is 0.435 e. The van der Waals surface area contributed by atoms with Gasteiger partial charge in [-0.25, -0.2) is 0 Å². The van der Waals surface area contributed by atoms with Gasteiger partial charge in [-0.2, -0.15) is 18.3 Å². The number of nitrogens with one attached hydrogen (secondary N) is 1. The second kappa shape index (κ2) is 4.05.